The molecule has 48 heavy (non-hydrogen) atoms. The average molecular weight is 700 g/mol. The maximum absolute atomic E-state index is 6.74. The van der Waals surface area contributed by atoms with Crippen molar-refractivity contribution >= 4 is 65.9 Å². The normalized spacial score (nSPS) is 12.0. The van der Waals surface area contributed by atoms with Crippen LogP contribution in [0.5, 0.6) is 0 Å². The molecule has 0 unspecified atom stereocenters. The van der Waals surface area contributed by atoms with Crippen molar-refractivity contribution in [2.24, 2.45) is 0 Å². The van der Waals surface area contributed by atoms with E-state index in [0.29, 0.717) is 5.02 Å². The Labute approximate surface area is 292 Å². The van der Waals surface area contributed by atoms with Gasteiger partial charge in [0.15, 0.2) is 0 Å². The van der Waals surface area contributed by atoms with Gasteiger partial charge in [-0.3, -0.25) is 0 Å². The summed E-state index contributed by atoms with van der Waals surface area (Å²) in [5.74, 6) is 0. The number of fused-ring (bicyclic) bond motifs is 6. The highest BCUT2D eigenvalue weighted by Crippen LogP contribution is 2.58. The smallest absolute Gasteiger partial charge is 0.0830 e. The number of hydrogen-bond donors (Lipinski definition) is 0. The van der Waals surface area contributed by atoms with Crippen LogP contribution in [-0.4, -0.2) is 7.11 Å². The highest BCUT2D eigenvalue weighted by Gasteiger charge is 2.31. The van der Waals surface area contributed by atoms with Crippen LogP contribution in [0.4, 0.5) is 0 Å². The van der Waals surface area contributed by atoms with Gasteiger partial charge in [-0.05, 0) is 140 Å². The summed E-state index contributed by atoms with van der Waals surface area (Å²) in [6.07, 6.45) is 3.69. The fourth-order valence-electron chi connectivity index (χ4n) is 7.66. The lowest BCUT2D eigenvalue weighted by Gasteiger charge is -2.21. The molecule has 1 aliphatic rings. The van der Waals surface area contributed by atoms with Crippen molar-refractivity contribution in [2.75, 3.05) is 7.11 Å². The third-order valence-corrected chi connectivity index (χ3v) is 10.8. The minimum absolute atomic E-state index is 0.663. The fraction of sp³-hybridized carbons (Fsp3) is 0.0222. The van der Waals surface area contributed by atoms with Crippen LogP contribution in [-0.2, 0) is 4.74 Å². The van der Waals surface area contributed by atoms with Crippen LogP contribution >= 0.6 is 27.5 Å². The van der Waals surface area contributed by atoms with Crippen LogP contribution < -0.4 is 0 Å². The van der Waals surface area contributed by atoms with E-state index in [2.05, 4.69) is 149 Å². The van der Waals surface area contributed by atoms with Gasteiger partial charge in [-0.2, -0.15) is 0 Å². The molecule has 0 atom stereocenters. The molecule has 0 saturated heterocycles. The summed E-state index contributed by atoms with van der Waals surface area (Å²) in [5, 5.41) is 8.23. The van der Waals surface area contributed by atoms with Crippen LogP contribution in [0.2, 0.25) is 5.02 Å². The Morgan fingerprint density at radius 3 is 1.94 bits per heavy atom. The number of ether oxygens (including phenoxy) is 1. The van der Waals surface area contributed by atoms with Gasteiger partial charge in [0, 0.05) is 4.47 Å². The largest absolute Gasteiger partial charge is 0.504 e. The van der Waals surface area contributed by atoms with Crippen molar-refractivity contribution in [3.05, 3.63) is 161 Å². The molecule has 0 amide bonds. The molecule has 0 aromatic heterocycles. The Balaban J connectivity index is 1.48. The van der Waals surface area contributed by atoms with Crippen LogP contribution in [0.1, 0.15) is 5.56 Å². The summed E-state index contributed by atoms with van der Waals surface area (Å²) in [7, 11) is 1.66. The van der Waals surface area contributed by atoms with Gasteiger partial charge in [0.25, 0.3) is 0 Å². The van der Waals surface area contributed by atoms with Crippen molar-refractivity contribution < 1.29 is 4.74 Å². The molecular weight excluding hydrogens is 672 g/mol. The van der Waals surface area contributed by atoms with Crippen LogP contribution in [0.3, 0.4) is 0 Å². The van der Waals surface area contributed by atoms with E-state index < -0.39 is 0 Å². The monoisotopic (exact) mass is 698 g/mol. The second kappa shape index (κ2) is 11.5. The van der Waals surface area contributed by atoms with E-state index >= 15 is 0 Å². The lowest BCUT2D eigenvalue weighted by Crippen LogP contribution is -1.95. The predicted octanol–water partition coefficient (Wildman–Crippen LogP) is 13.8. The van der Waals surface area contributed by atoms with E-state index in [1.807, 2.05) is 12.1 Å². The lowest BCUT2D eigenvalue weighted by molar-refractivity contribution is 0.341. The Hall–Kier alpha value is -5.15. The van der Waals surface area contributed by atoms with Crippen molar-refractivity contribution in [3.63, 3.8) is 0 Å². The SMILES string of the molecule is CO/C=C/c1cc(Br)c(Cl)cc1-c1ccc2c(-c3ccccc3)c3c(c(-c4ccccc4)c2c1)-c1cccc2c1c-3cc1ccccc12. The van der Waals surface area contributed by atoms with Gasteiger partial charge in [0.1, 0.15) is 0 Å². The quantitative estimate of drug-likeness (QED) is 0.128. The fourth-order valence-corrected chi connectivity index (χ4v) is 8.19. The van der Waals surface area contributed by atoms with Gasteiger partial charge >= 0.3 is 0 Å². The lowest BCUT2D eigenvalue weighted by atomic mass is 9.81. The molecule has 0 saturated carbocycles. The van der Waals surface area contributed by atoms with E-state index in [4.69, 9.17) is 16.3 Å². The van der Waals surface area contributed by atoms with Crippen LogP contribution in [0.15, 0.2) is 150 Å². The zero-order chi connectivity index (χ0) is 32.4. The second-order valence-corrected chi connectivity index (χ2v) is 13.5. The topological polar surface area (TPSA) is 9.23 Å². The molecular formula is C45H28BrClO. The summed E-state index contributed by atoms with van der Waals surface area (Å²) in [6, 6.07) is 50.7. The van der Waals surface area contributed by atoms with E-state index in [1.165, 1.54) is 76.8 Å². The summed E-state index contributed by atoms with van der Waals surface area (Å²) < 4.78 is 6.17. The highest BCUT2D eigenvalue weighted by molar-refractivity contribution is 9.10. The number of rotatable bonds is 5. The first-order chi connectivity index (χ1) is 23.6. The maximum Gasteiger partial charge on any atom is 0.0830 e. The molecule has 0 aliphatic heterocycles. The molecule has 8 aromatic rings. The third-order valence-electron chi connectivity index (χ3n) is 9.64. The van der Waals surface area contributed by atoms with Crippen LogP contribution in [0, 0.1) is 0 Å². The van der Waals surface area contributed by atoms with Crippen molar-refractivity contribution in [1.29, 1.82) is 0 Å². The summed E-state index contributed by atoms with van der Waals surface area (Å²) in [5.41, 5.74) is 13.2. The first-order valence-electron chi connectivity index (χ1n) is 16.0. The Kier molecular flexibility index (Phi) is 6.97. The number of halogens is 2. The minimum Gasteiger partial charge on any atom is -0.504 e. The minimum atomic E-state index is 0.663. The molecule has 0 heterocycles. The zero-order valence-electron chi connectivity index (χ0n) is 26.1. The molecule has 0 spiro atoms. The van der Waals surface area contributed by atoms with Crippen LogP contribution in [0.25, 0.3) is 94.0 Å². The van der Waals surface area contributed by atoms with Crippen molar-refractivity contribution in [1.82, 2.24) is 0 Å². The molecule has 1 nitrogen and oxygen atoms in total. The second-order valence-electron chi connectivity index (χ2n) is 12.3. The first kappa shape index (κ1) is 29.0. The number of methoxy groups -OCH3 is 1. The van der Waals surface area contributed by atoms with E-state index in [1.54, 1.807) is 13.4 Å². The van der Waals surface area contributed by atoms with Gasteiger partial charge in [-0.15, -0.1) is 0 Å². The Morgan fingerprint density at radius 1 is 0.521 bits per heavy atom. The van der Waals surface area contributed by atoms with E-state index in [0.717, 1.165) is 21.2 Å². The van der Waals surface area contributed by atoms with E-state index in [9.17, 15) is 0 Å². The first-order valence-corrected chi connectivity index (χ1v) is 17.2. The average Bonchev–Trinajstić information content (AvgIpc) is 3.45. The molecule has 0 fully saturated rings. The maximum atomic E-state index is 6.74. The number of hydrogen-bond acceptors (Lipinski definition) is 1. The number of benzene rings is 8. The molecule has 0 bridgehead atoms. The summed E-state index contributed by atoms with van der Waals surface area (Å²) in [6.45, 7) is 0. The third kappa shape index (κ3) is 4.44. The van der Waals surface area contributed by atoms with Gasteiger partial charge in [-0.25, -0.2) is 0 Å². The van der Waals surface area contributed by atoms with Gasteiger partial charge < -0.3 is 4.74 Å². The standard InChI is InChI=1S/C45H28BrClO/c1-48-22-21-31-25-39(46)40(47)26-36(31)30-19-20-34-37(23-30)42(28-13-6-3-7-14-28)44-35-18-10-17-33-32-16-9-8-15-29(32)24-38(43(33)35)45(44)41(34)27-11-4-2-5-12-27/h2-26H,1H3/b22-21+. The van der Waals surface area contributed by atoms with E-state index in [-0.39, 0.29) is 0 Å². The molecule has 228 valence electrons. The van der Waals surface area contributed by atoms with Crippen molar-refractivity contribution in [3.8, 4) is 55.6 Å². The molecule has 9 rings (SSSR count). The Morgan fingerprint density at radius 2 is 1.19 bits per heavy atom. The molecule has 0 N–H and O–H groups in total. The highest BCUT2D eigenvalue weighted by atomic mass is 79.9. The van der Waals surface area contributed by atoms with Gasteiger partial charge in [-0.1, -0.05) is 127 Å². The predicted molar refractivity (Wildman–Crippen MR) is 208 cm³/mol. The molecule has 3 heteroatoms. The molecule has 8 aromatic carbocycles. The zero-order valence-corrected chi connectivity index (χ0v) is 28.4. The summed E-state index contributed by atoms with van der Waals surface area (Å²) >= 11 is 10.4. The molecule has 1 aliphatic carbocycles. The van der Waals surface area contributed by atoms with Crippen molar-refractivity contribution in [2.45, 2.75) is 0 Å². The van der Waals surface area contributed by atoms with Gasteiger partial charge in [0.2, 0.25) is 0 Å². The molecule has 0 radical (unpaired) electrons. The summed E-state index contributed by atoms with van der Waals surface area (Å²) in [4.78, 5) is 0. The van der Waals surface area contributed by atoms with Gasteiger partial charge in [0.05, 0.1) is 18.4 Å². The Bertz CT molecular complexity index is 2600.